The third kappa shape index (κ3) is 4.70. The first-order valence-electron chi connectivity index (χ1n) is 8.96. The van der Waals surface area contributed by atoms with Crippen molar-refractivity contribution in [3.63, 3.8) is 0 Å². The number of carboxylic acid groups (broad SMARTS) is 1. The molecule has 0 saturated carbocycles. The molecule has 26 heavy (non-hydrogen) atoms. The van der Waals surface area contributed by atoms with E-state index in [0.717, 1.165) is 17.5 Å². The number of carbonyl (C=O) groups excluding carboxylic acids is 1. The fraction of sp³-hybridized carbons (Fsp3) is 0.333. The molecule has 2 aromatic rings. The molecule has 1 aliphatic rings. The zero-order chi connectivity index (χ0) is 18.4. The molecule has 1 heterocycles. The molecule has 1 N–H and O–H groups in total. The Labute approximate surface area is 153 Å². The highest BCUT2D eigenvalue weighted by molar-refractivity contribution is 5.85. The topological polar surface area (TPSA) is 60.9 Å². The van der Waals surface area contributed by atoms with Crippen LogP contribution in [0.5, 0.6) is 0 Å². The normalized spacial score (nSPS) is 16.8. The maximum Gasteiger partial charge on any atom is 0.326 e. The average molecular weight is 352 g/mol. The summed E-state index contributed by atoms with van der Waals surface area (Å²) in [6, 6.07) is 19.4. The van der Waals surface area contributed by atoms with Crippen molar-refractivity contribution < 1.29 is 14.7 Å². The largest absolute Gasteiger partial charge is 0.480 e. The number of benzene rings is 2. The Bertz CT molecular complexity index is 692. The molecule has 0 aliphatic carbocycles. The SMILES string of the molecule is O=C(O)[C@H]1CCCN1C(=O)CN(Cc1ccccc1)Cc1ccccc1. The van der Waals surface area contributed by atoms with Crippen LogP contribution in [0.25, 0.3) is 0 Å². The number of carboxylic acids is 1. The summed E-state index contributed by atoms with van der Waals surface area (Å²) in [6.45, 7) is 2.04. The fourth-order valence-corrected chi connectivity index (χ4v) is 3.46. The van der Waals surface area contributed by atoms with Crippen LogP contribution in [0.3, 0.4) is 0 Å². The quantitative estimate of drug-likeness (QED) is 0.832. The Hall–Kier alpha value is -2.66. The van der Waals surface area contributed by atoms with Gasteiger partial charge in [0.05, 0.1) is 6.54 Å². The van der Waals surface area contributed by atoms with E-state index in [1.54, 1.807) is 0 Å². The second-order valence-electron chi connectivity index (χ2n) is 6.70. The maximum atomic E-state index is 12.8. The van der Waals surface area contributed by atoms with E-state index in [0.29, 0.717) is 26.1 Å². The van der Waals surface area contributed by atoms with Gasteiger partial charge in [0.15, 0.2) is 0 Å². The van der Waals surface area contributed by atoms with Gasteiger partial charge in [-0.1, -0.05) is 60.7 Å². The van der Waals surface area contributed by atoms with Crippen LogP contribution in [0.4, 0.5) is 0 Å². The molecule has 136 valence electrons. The summed E-state index contributed by atoms with van der Waals surface area (Å²) in [5.74, 6) is -1.02. The standard InChI is InChI=1S/C21H24N2O3/c24-20(23-13-7-12-19(23)21(25)26)16-22(14-17-8-3-1-4-9-17)15-18-10-5-2-6-11-18/h1-6,8-11,19H,7,12-16H2,(H,25,26)/t19-/m1/s1. The predicted octanol–water partition coefficient (Wildman–Crippen LogP) is 2.76. The number of hydrogen-bond donors (Lipinski definition) is 1. The number of amides is 1. The monoisotopic (exact) mass is 352 g/mol. The van der Waals surface area contributed by atoms with Crippen molar-refractivity contribution in [2.75, 3.05) is 13.1 Å². The Morgan fingerprint density at radius 1 is 0.962 bits per heavy atom. The lowest BCUT2D eigenvalue weighted by Crippen LogP contribution is -2.45. The predicted molar refractivity (Wildman–Crippen MR) is 99.4 cm³/mol. The molecule has 2 aromatic carbocycles. The molecular weight excluding hydrogens is 328 g/mol. The molecule has 1 aliphatic heterocycles. The van der Waals surface area contributed by atoms with Crippen molar-refractivity contribution in [3.05, 3.63) is 71.8 Å². The molecule has 0 spiro atoms. The summed E-state index contributed by atoms with van der Waals surface area (Å²) in [7, 11) is 0. The van der Waals surface area contributed by atoms with Gasteiger partial charge in [0.1, 0.15) is 6.04 Å². The number of hydrogen-bond acceptors (Lipinski definition) is 3. The third-order valence-electron chi connectivity index (χ3n) is 4.72. The molecule has 1 atom stereocenters. The van der Waals surface area contributed by atoms with Crippen molar-refractivity contribution in [2.45, 2.75) is 32.0 Å². The Kier molecular flexibility index (Phi) is 6.02. The Morgan fingerprint density at radius 3 is 2.00 bits per heavy atom. The zero-order valence-corrected chi connectivity index (χ0v) is 14.8. The maximum absolute atomic E-state index is 12.8. The van der Waals surface area contributed by atoms with E-state index in [1.807, 2.05) is 60.7 Å². The minimum atomic E-state index is -0.909. The van der Waals surface area contributed by atoms with Crippen LogP contribution in [-0.4, -0.2) is 45.9 Å². The molecule has 1 amide bonds. The Balaban J connectivity index is 1.72. The third-order valence-corrected chi connectivity index (χ3v) is 4.72. The van der Waals surface area contributed by atoms with Crippen molar-refractivity contribution in [1.82, 2.24) is 9.80 Å². The van der Waals surface area contributed by atoms with Crippen LogP contribution in [0.1, 0.15) is 24.0 Å². The lowest BCUT2D eigenvalue weighted by atomic mass is 10.1. The number of carbonyl (C=O) groups is 2. The summed E-state index contributed by atoms with van der Waals surface area (Å²) in [5.41, 5.74) is 2.26. The number of rotatable bonds is 7. The van der Waals surface area contributed by atoms with E-state index in [2.05, 4.69) is 4.90 Å². The zero-order valence-electron chi connectivity index (χ0n) is 14.8. The summed E-state index contributed by atoms with van der Waals surface area (Å²) < 4.78 is 0. The molecule has 0 radical (unpaired) electrons. The summed E-state index contributed by atoms with van der Waals surface area (Å²) in [4.78, 5) is 27.7. The van der Waals surface area contributed by atoms with Crippen LogP contribution in [0.15, 0.2) is 60.7 Å². The van der Waals surface area contributed by atoms with Gasteiger partial charge in [-0.3, -0.25) is 9.69 Å². The van der Waals surface area contributed by atoms with Gasteiger partial charge in [-0.15, -0.1) is 0 Å². The van der Waals surface area contributed by atoms with Crippen LogP contribution in [-0.2, 0) is 22.7 Å². The minimum Gasteiger partial charge on any atom is -0.480 e. The van der Waals surface area contributed by atoms with Gasteiger partial charge in [0.25, 0.3) is 0 Å². The first-order valence-corrected chi connectivity index (χ1v) is 8.96. The molecule has 0 aromatic heterocycles. The minimum absolute atomic E-state index is 0.109. The first kappa shape index (κ1) is 18.1. The lowest BCUT2D eigenvalue weighted by molar-refractivity contribution is -0.148. The van der Waals surface area contributed by atoms with Gasteiger partial charge >= 0.3 is 5.97 Å². The summed E-state index contributed by atoms with van der Waals surface area (Å²) in [5, 5.41) is 9.33. The molecule has 0 unspecified atom stereocenters. The number of aliphatic carboxylic acids is 1. The molecule has 1 saturated heterocycles. The van der Waals surface area contributed by atoms with E-state index >= 15 is 0 Å². The van der Waals surface area contributed by atoms with E-state index in [-0.39, 0.29) is 12.5 Å². The second kappa shape index (κ2) is 8.63. The van der Waals surface area contributed by atoms with Gasteiger partial charge < -0.3 is 10.0 Å². The highest BCUT2D eigenvalue weighted by Gasteiger charge is 2.34. The lowest BCUT2D eigenvalue weighted by Gasteiger charge is -2.27. The van der Waals surface area contributed by atoms with Gasteiger partial charge in [-0.05, 0) is 24.0 Å². The summed E-state index contributed by atoms with van der Waals surface area (Å²) in [6.07, 6.45) is 1.29. The number of likely N-dealkylation sites (tertiary alicyclic amines) is 1. The molecular formula is C21H24N2O3. The average Bonchev–Trinajstić information content (AvgIpc) is 3.14. The second-order valence-corrected chi connectivity index (χ2v) is 6.70. The van der Waals surface area contributed by atoms with Crippen molar-refractivity contribution in [3.8, 4) is 0 Å². The molecule has 5 heteroatoms. The van der Waals surface area contributed by atoms with Crippen LogP contribution in [0.2, 0.25) is 0 Å². The number of nitrogens with zero attached hydrogens (tertiary/aromatic N) is 2. The van der Waals surface area contributed by atoms with Gasteiger partial charge in [0.2, 0.25) is 5.91 Å². The van der Waals surface area contributed by atoms with Gasteiger partial charge in [0, 0.05) is 19.6 Å². The van der Waals surface area contributed by atoms with Crippen molar-refractivity contribution >= 4 is 11.9 Å². The van der Waals surface area contributed by atoms with E-state index in [4.69, 9.17) is 0 Å². The Morgan fingerprint density at radius 2 is 1.50 bits per heavy atom. The van der Waals surface area contributed by atoms with E-state index in [1.165, 1.54) is 4.90 Å². The van der Waals surface area contributed by atoms with E-state index < -0.39 is 12.0 Å². The van der Waals surface area contributed by atoms with Crippen LogP contribution >= 0.6 is 0 Å². The molecule has 1 fully saturated rings. The van der Waals surface area contributed by atoms with Crippen molar-refractivity contribution in [1.29, 1.82) is 0 Å². The fourth-order valence-electron chi connectivity index (χ4n) is 3.46. The highest BCUT2D eigenvalue weighted by atomic mass is 16.4. The van der Waals surface area contributed by atoms with E-state index in [9.17, 15) is 14.7 Å². The van der Waals surface area contributed by atoms with Gasteiger partial charge in [-0.25, -0.2) is 4.79 Å². The van der Waals surface area contributed by atoms with Crippen LogP contribution in [0, 0.1) is 0 Å². The highest BCUT2D eigenvalue weighted by Crippen LogP contribution is 2.19. The smallest absolute Gasteiger partial charge is 0.326 e. The van der Waals surface area contributed by atoms with Gasteiger partial charge in [-0.2, -0.15) is 0 Å². The first-order chi connectivity index (χ1) is 12.6. The van der Waals surface area contributed by atoms with Crippen LogP contribution < -0.4 is 0 Å². The molecule has 5 nitrogen and oxygen atoms in total. The molecule has 3 rings (SSSR count). The molecule has 0 bridgehead atoms. The van der Waals surface area contributed by atoms with Crippen molar-refractivity contribution in [2.24, 2.45) is 0 Å². The summed E-state index contributed by atoms with van der Waals surface area (Å²) >= 11 is 0.